The monoisotopic (exact) mass is 494 g/mol. The number of fused-ring (bicyclic) bond motifs is 1. The first-order chi connectivity index (χ1) is 15.7. The fourth-order valence-corrected chi connectivity index (χ4v) is 5.60. The van der Waals surface area contributed by atoms with Gasteiger partial charge >= 0.3 is 0 Å². The molecule has 33 heavy (non-hydrogen) atoms. The first-order valence-electron chi connectivity index (χ1n) is 10.2. The minimum atomic E-state index is -3.74. The van der Waals surface area contributed by atoms with Crippen molar-refractivity contribution < 1.29 is 32.2 Å². The van der Waals surface area contributed by atoms with Crippen LogP contribution in [0.3, 0.4) is 0 Å². The van der Waals surface area contributed by atoms with Crippen molar-refractivity contribution in [2.24, 2.45) is 0 Å². The molecule has 1 aliphatic rings. The zero-order valence-electron chi connectivity index (χ0n) is 18.8. The van der Waals surface area contributed by atoms with Gasteiger partial charge in [-0.1, -0.05) is 6.92 Å². The molecule has 1 aliphatic heterocycles. The molecule has 1 heterocycles. The summed E-state index contributed by atoms with van der Waals surface area (Å²) in [6.45, 7) is 1.92. The van der Waals surface area contributed by atoms with Gasteiger partial charge in [-0.2, -0.15) is 0 Å². The molecule has 2 N–H and O–H groups in total. The van der Waals surface area contributed by atoms with Crippen LogP contribution in [0.4, 0.5) is 11.4 Å². The molecule has 0 saturated carbocycles. The highest BCUT2D eigenvalue weighted by atomic mass is 32.2. The lowest BCUT2D eigenvalue weighted by molar-refractivity contribution is -0.116. The maximum atomic E-state index is 12.8. The molecule has 3 rings (SSSR count). The van der Waals surface area contributed by atoms with E-state index in [9.17, 15) is 18.0 Å². The second-order valence-corrected chi connectivity index (χ2v) is 10.5. The number of methoxy groups -OCH3 is 3. The Morgan fingerprint density at radius 1 is 1.09 bits per heavy atom. The van der Waals surface area contributed by atoms with Crippen molar-refractivity contribution in [3.63, 3.8) is 0 Å². The third kappa shape index (κ3) is 5.53. The molecule has 9 nitrogen and oxygen atoms in total. The molecule has 0 aliphatic carbocycles. The van der Waals surface area contributed by atoms with E-state index < -0.39 is 15.7 Å². The van der Waals surface area contributed by atoms with Crippen LogP contribution >= 0.6 is 11.8 Å². The highest BCUT2D eigenvalue weighted by Gasteiger charge is 2.27. The molecule has 2 aromatic carbocycles. The van der Waals surface area contributed by atoms with Gasteiger partial charge in [0, 0.05) is 29.1 Å². The van der Waals surface area contributed by atoms with Crippen LogP contribution < -0.4 is 24.8 Å². The maximum Gasteiger partial charge on any atom is 0.237 e. The van der Waals surface area contributed by atoms with Crippen LogP contribution in [0.25, 0.3) is 0 Å². The Balaban J connectivity index is 1.69. The molecule has 0 aromatic heterocycles. The molecule has 0 radical (unpaired) electrons. The Morgan fingerprint density at radius 3 is 2.33 bits per heavy atom. The third-order valence-electron chi connectivity index (χ3n) is 5.05. The van der Waals surface area contributed by atoms with Crippen molar-refractivity contribution in [1.82, 2.24) is 0 Å². The summed E-state index contributed by atoms with van der Waals surface area (Å²) in [5.41, 5.74) is 0.851. The molecule has 2 amide bonds. The Morgan fingerprint density at radius 2 is 1.76 bits per heavy atom. The lowest BCUT2D eigenvalue weighted by atomic mass is 10.2. The van der Waals surface area contributed by atoms with Gasteiger partial charge in [-0.25, -0.2) is 8.42 Å². The molecular weight excluding hydrogens is 468 g/mol. The van der Waals surface area contributed by atoms with Gasteiger partial charge in [0.2, 0.25) is 17.6 Å². The summed E-state index contributed by atoms with van der Waals surface area (Å²) in [4.78, 5) is 25.4. The van der Waals surface area contributed by atoms with Crippen LogP contribution in [0, 0.1) is 0 Å². The van der Waals surface area contributed by atoms with E-state index in [0.29, 0.717) is 35.0 Å². The summed E-state index contributed by atoms with van der Waals surface area (Å²) in [5.74, 6) is 0.0807. The fourth-order valence-electron chi connectivity index (χ4n) is 3.31. The van der Waals surface area contributed by atoms with Crippen molar-refractivity contribution in [3.05, 3.63) is 30.3 Å². The topological polar surface area (TPSA) is 120 Å². The number of rotatable bonds is 9. The van der Waals surface area contributed by atoms with Gasteiger partial charge in [-0.3, -0.25) is 9.59 Å². The van der Waals surface area contributed by atoms with Crippen LogP contribution in [-0.4, -0.2) is 52.6 Å². The molecule has 0 spiro atoms. The summed E-state index contributed by atoms with van der Waals surface area (Å²) in [7, 11) is 0.635. The quantitative estimate of drug-likeness (QED) is 0.545. The number of sulfone groups is 1. The summed E-state index contributed by atoms with van der Waals surface area (Å²) in [6.07, 6.45) is 0.423. The zero-order valence-corrected chi connectivity index (χ0v) is 20.4. The highest BCUT2D eigenvalue weighted by molar-refractivity contribution is 8.01. The number of hydrogen-bond acceptors (Lipinski definition) is 8. The second kappa shape index (κ2) is 10.3. The summed E-state index contributed by atoms with van der Waals surface area (Å²) in [5, 5.41) is 5.22. The first kappa shape index (κ1) is 24.7. The van der Waals surface area contributed by atoms with E-state index in [4.69, 9.17) is 14.2 Å². The number of benzene rings is 2. The average molecular weight is 495 g/mol. The smallest absolute Gasteiger partial charge is 0.237 e. The Hall–Kier alpha value is -2.92. The van der Waals surface area contributed by atoms with Crippen molar-refractivity contribution in [2.45, 2.75) is 34.8 Å². The number of thioether (sulfide) groups is 1. The molecule has 0 saturated heterocycles. The number of hydrogen-bond donors (Lipinski definition) is 2. The van der Waals surface area contributed by atoms with Gasteiger partial charge in [0.25, 0.3) is 0 Å². The summed E-state index contributed by atoms with van der Waals surface area (Å²) in [6, 6.07) is 7.74. The number of ether oxygens (including phenoxy) is 3. The molecule has 178 valence electrons. The number of anilines is 2. The molecular formula is C22H26N2O7S2. The summed E-state index contributed by atoms with van der Waals surface area (Å²) >= 11 is 1.41. The highest BCUT2D eigenvalue weighted by Crippen LogP contribution is 2.40. The Bertz CT molecular complexity index is 1140. The largest absolute Gasteiger partial charge is 0.493 e. The van der Waals surface area contributed by atoms with Crippen LogP contribution in [-0.2, 0) is 19.4 Å². The van der Waals surface area contributed by atoms with E-state index in [2.05, 4.69) is 10.6 Å². The molecule has 0 unspecified atom stereocenters. The normalized spacial score (nSPS) is 15.3. The van der Waals surface area contributed by atoms with E-state index in [1.165, 1.54) is 45.2 Å². The Kier molecular flexibility index (Phi) is 7.75. The van der Waals surface area contributed by atoms with E-state index in [1.54, 1.807) is 18.2 Å². The van der Waals surface area contributed by atoms with E-state index in [0.717, 1.165) is 4.90 Å². The zero-order chi connectivity index (χ0) is 24.2. The lowest BCUT2D eigenvalue weighted by Gasteiger charge is -2.23. The number of amides is 2. The second-order valence-electron chi connectivity index (χ2n) is 7.19. The van der Waals surface area contributed by atoms with Crippen molar-refractivity contribution in [3.8, 4) is 17.2 Å². The predicted octanol–water partition coefficient (Wildman–Crippen LogP) is 3.34. The van der Waals surface area contributed by atoms with Gasteiger partial charge in [0.05, 0.1) is 42.9 Å². The number of carbonyl (C=O) groups is 2. The SMILES string of the molecule is CC[C@@H]1Sc2ccc(S(=O)(=O)CCC(=O)Nc3cc(OC)c(OC)c(OC)c3)cc2NC1=O. The number of carbonyl (C=O) groups excluding carboxylic acids is 2. The van der Waals surface area contributed by atoms with Gasteiger partial charge in [0.15, 0.2) is 21.3 Å². The van der Waals surface area contributed by atoms with E-state index in [1.807, 2.05) is 6.92 Å². The molecule has 11 heteroatoms. The minimum absolute atomic E-state index is 0.0534. The maximum absolute atomic E-state index is 12.8. The van der Waals surface area contributed by atoms with Crippen molar-refractivity contribution in [2.75, 3.05) is 37.7 Å². The van der Waals surface area contributed by atoms with Crippen molar-refractivity contribution >= 4 is 44.8 Å². The number of nitrogens with one attached hydrogen (secondary N) is 2. The summed E-state index contributed by atoms with van der Waals surface area (Å²) < 4.78 is 41.4. The molecule has 1 atom stereocenters. The van der Waals surface area contributed by atoms with E-state index >= 15 is 0 Å². The van der Waals surface area contributed by atoms with Crippen LogP contribution in [0.5, 0.6) is 17.2 Å². The predicted molar refractivity (Wildman–Crippen MR) is 126 cm³/mol. The molecule has 2 aromatic rings. The van der Waals surface area contributed by atoms with E-state index in [-0.39, 0.29) is 28.2 Å². The average Bonchev–Trinajstić information content (AvgIpc) is 2.81. The van der Waals surface area contributed by atoms with Gasteiger partial charge in [-0.15, -0.1) is 11.8 Å². The van der Waals surface area contributed by atoms with Gasteiger partial charge in [-0.05, 0) is 24.6 Å². The lowest BCUT2D eigenvalue weighted by Crippen LogP contribution is -2.28. The van der Waals surface area contributed by atoms with Crippen LogP contribution in [0.2, 0.25) is 0 Å². The molecule has 0 fully saturated rings. The van der Waals surface area contributed by atoms with Crippen molar-refractivity contribution in [1.29, 1.82) is 0 Å². The minimum Gasteiger partial charge on any atom is -0.493 e. The first-order valence-corrected chi connectivity index (χ1v) is 12.7. The van der Waals surface area contributed by atoms with Crippen LogP contribution in [0.15, 0.2) is 40.1 Å². The fraction of sp³-hybridized carbons (Fsp3) is 0.364. The third-order valence-corrected chi connectivity index (χ3v) is 8.20. The van der Waals surface area contributed by atoms with Gasteiger partial charge < -0.3 is 24.8 Å². The van der Waals surface area contributed by atoms with Gasteiger partial charge in [0.1, 0.15) is 0 Å². The molecule has 0 bridgehead atoms. The Labute approximate surface area is 197 Å². The standard InChI is InChI=1S/C22H26N2O7S2/c1-5-18-22(26)24-15-12-14(6-7-19(15)32-18)33(27,28)9-8-20(25)23-13-10-16(29-2)21(31-4)17(11-13)30-3/h6-7,10-12,18H,5,8-9H2,1-4H3,(H,23,25)(H,24,26)/t18-/m0/s1. The van der Waals surface area contributed by atoms with Crippen LogP contribution in [0.1, 0.15) is 19.8 Å².